The maximum atomic E-state index is 14.7. The molecule has 0 saturated carbocycles. The molecule has 0 atom stereocenters. The molecule has 4 aromatic heterocycles. The average Bonchev–Trinajstić information content (AvgIpc) is 3.71. The van der Waals surface area contributed by atoms with Crippen molar-refractivity contribution in [1.82, 2.24) is 30.0 Å². The molecule has 1 aliphatic heterocycles. The number of aromatic nitrogens is 5. The van der Waals surface area contributed by atoms with E-state index in [1.165, 1.54) is 31.5 Å². The number of pyridine rings is 2. The Kier molecular flexibility index (Phi) is 7.61. The summed E-state index contributed by atoms with van der Waals surface area (Å²) in [6, 6.07) is 11.3. The molecule has 5 heterocycles. The van der Waals surface area contributed by atoms with E-state index in [1.807, 2.05) is 30.5 Å². The van der Waals surface area contributed by atoms with Gasteiger partial charge in [0.1, 0.15) is 11.5 Å². The third kappa shape index (κ3) is 5.77. The minimum Gasteiger partial charge on any atom is -0.353 e. The predicted molar refractivity (Wildman–Crippen MR) is 165 cm³/mol. The third-order valence-corrected chi connectivity index (χ3v) is 8.04. The van der Waals surface area contributed by atoms with Gasteiger partial charge in [0.2, 0.25) is 0 Å². The van der Waals surface area contributed by atoms with E-state index >= 15 is 0 Å². The number of likely N-dealkylation sites (tertiary alicyclic amines) is 1. The SMILES string of the molecule is C=c1c(-c2cc3c(-c4cc(F)cc(CCCN5CCCC5)c4)nccc3[nH]2)n[nH]/c1=C/C=C(\C)c1cnccc1C. The zero-order valence-corrected chi connectivity index (χ0v) is 23.7. The number of benzene rings is 1. The molecule has 6 nitrogen and oxygen atoms in total. The Morgan fingerprint density at radius 1 is 1.10 bits per heavy atom. The predicted octanol–water partition coefficient (Wildman–Crippen LogP) is 5.79. The van der Waals surface area contributed by atoms with Crippen LogP contribution in [0.4, 0.5) is 4.39 Å². The highest BCUT2D eigenvalue weighted by atomic mass is 19.1. The summed E-state index contributed by atoms with van der Waals surface area (Å²) < 4.78 is 14.7. The lowest BCUT2D eigenvalue weighted by Gasteiger charge is -2.14. The zero-order valence-electron chi connectivity index (χ0n) is 23.7. The van der Waals surface area contributed by atoms with E-state index in [2.05, 4.69) is 62.6 Å². The number of hydrogen-bond acceptors (Lipinski definition) is 4. The van der Waals surface area contributed by atoms with Gasteiger partial charge in [-0.05, 0) is 124 Å². The van der Waals surface area contributed by atoms with Crippen molar-refractivity contribution in [2.45, 2.75) is 39.5 Å². The molecule has 0 aliphatic carbocycles. The fourth-order valence-corrected chi connectivity index (χ4v) is 5.77. The highest BCUT2D eigenvalue weighted by Gasteiger charge is 2.15. The van der Waals surface area contributed by atoms with Gasteiger partial charge in [-0.3, -0.25) is 15.1 Å². The first-order valence-corrected chi connectivity index (χ1v) is 14.3. The van der Waals surface area contributed by atoms with Crippen LogP contribution in [0.25, 0.3) is 51.8 Å². The minimum absolute atomic E-state index is 0.231. The summed E-state index contributed by atoms with van der Waals surface area (Å²) in [4.78, 5) is 14.9. The standard InChI is InChI=1S/C34H35FN6/c1-22(29-21-36-12-10-23(29)2)8-9-30-24(3)33(40-39-30)32-20-28-31(38-32)11-13-37-34(28)26-17-25(18-27(35)19-26)7-6-16-41-14-4-5-15-41/h8-13,17-21,38-39H,3-7,14-16H2,1-2H3/b22-8+,30-9+. The van der Waals surface area contributed by atoms with E-state index in [0.717, 1.165) is 80.2 Å². The topological polar surface area (TPSA) is 73.5 Å². The number of hydrogen-bond donors (Lipinski definition) is 2. The van der Waals surface area contributed by atoms with Gasteiger partial charge < -0.3 is 9.88 Å². The lowest BCUT2D eigenvalue weighted by atomic mass is 10.0. The number of allylic oxidation sites excluding steroid dienone is 2. The van der Waals surface area contributed by atoms with Crippen LogP contribution in [0.1, 0.15) is 42.9 Å². The molecule has 0 amide bonds. The van der Waals surface area contributed by atoms with Crippen molar-refractivity contribution in [3.05, 3.63) is 94.1 Å². The fourth-order valence-electron chi connectivity index (χ4n) is 5.77. The Labute approximate surface area is 239 Å². The Morgan fingerprint density at radius 2 is 1.95 bits per heavy atom. The molecule has 0 unspecified atom stereocenters. The number of rotatable bonds is 8. The van der Waals surface area contributed by atoms with Gasteiger partial charge in [0.05, 0.1) is 16.7 Å². The maximum Gasteiger partial charge on any atom is 0.124 e. The van der Waals surface area contributed by atoms with Crippen molar-refractivity contribution in [3.63, 3.8) is 0 Å². The minimum atomic E-state index is -0.231. The van der Waals surface area contributed by atoms with E-state index in [0.29, 0.717) is 0 Å². The number of fused-ring (bicyclic) bond motifs is 1. The van der Waals surface area contributed by atoms with Gasteiger partial charge in [-0.25, -0.2) is 4.39 Å². The van der Waals surface area contributed by atoms with Gasteiger partial charge >= 0.3 is 0 Å². The highest BCUT2D eigenvalue weighted by Crippen LogP contribution is 2.30. The van der Waals surface area contributed by atoms with Crippen LogP contribution in [-0.4, -0.2) is 49.7 Å². The summed E-state index contributed by atoms with van der Waals surface area (Å²) in [5.41, 5.74) is 8.43. The van der Waals surface area contributed by atoms with Gasteiger partial charge in [-0.1, -0.05) is 12.7 Å². The van der Waals surface area contributed by atoms with Crippen LogP contribution in [0.5, 0.6) is 0 Å². The van der Waals surface area contributed by atoms with E-state index < -0.39 is 0 Å². The Hall–Kier alpha value is -4.36. The first-order chi connectivity index (χ1) is 20.0. The van der Waals surface area contributed by atoms with Crippen LogP contribution in [0.2, 0.25) is 0 Å². The number of aromatic amines is 2. The van der Waals surface area contributed by atoms with Crippen molar-refractivity contribution in [2.24, 2.45) is 0 Å². The van der Waals surface area contributed by atoms with Gasteiger partial charge in [0.25, 0.3) is 0 Å². The van der Waals surface area contributed by atoms with Crippen LogP contribution in [0.3, 0.4) is 0 Å². The molecule has 0 spiro atoms. The normalized spacial score (nSPS) is 14.9. The molecule has 1 aromatic carbocycles. The second-order valence-corrected chi connectivity index (χ2v) is 11.0. The summed E-state index contributed by atoms with van der Waals surface area (Å²) in [5.74, 6) is -0.231. The largest absolute Gasteiger partial charge is 0.353 e. The van der Waals surface area contributed by atoms with Crippen molar-refractivity contribution in [2.75, 3.05) is 19.6 Å². The molecule has 7 heteroatoms. The van der Waals surface area contributed by atoms with Gasteiger partial charge in [0.15, 0.2) is 0 Å². The van der Waals surface area contributed by atoms with Gasteiger partial charge in [0, 0.05) is 40.3 Å². The van der Waals surface area contributed by atoms with Crippen molar-refractivity contribution < 1.29 is 4.39 Å². The van der Waals surface area contributed by atoms with E-state index in [-0.39, 0.29) is 5.82 Å². The van der Waals surface area contributed by atoms with Crippen LogP contribution < -0.4 is 10.6 Å². The van der Waals surface area contributed by atoms with Crippen molar-refractivity contribution >= 4 is 29.1 Å². The Balaban J connectivity index is 1.29. The Morgan fingerprint density at radius 3 is 2.78 bits per heavy atom. The van der Waals surface area contributed by atoms with Gasteiger partial charge in [-0.2, -0.15) is 5.10 Å². The molecule has 208 valence electrons. The lowest BCUT2D eigenvalue weighted by molar-refractivity contribution is 0.334. The number of nitrogens with one attached hydrogen (secondary N) is 2. The Bertz CT molecular complexity index is 1840. The molecule has 41 heavy (non-hydrogen) atoms. The van der Waals surface area contributed by atoms with Crippen LogP contribution >= 0.6 is 0 Å². The second-order valence-electron chi connectivity index (χ2n) is 11.0. The van der Waals surface area contributed by atoms with Gasteiger partial charge in [-0.15, -0.1) is 0 Å². The number of aryl methyl sites for hydroxylation is 2. The number of halogens is 1. The molecule has 1 aliphatic rings. The van der Waals surface area contributed by atoms with Crippen LogP contribution in [0, 0.1) is 12.7 Å². The molecule has 6 rings (SSSR count). The first kappa shape index (κ1) is 26.8. The number of H-pyrrole nitrogens is 2. The summed E-state index contributed by atoms with van der Waals surface area (Å²) in [5, 5.41) is 10.2. The van der Waals surface area contributed by atoms with Crippen molar-refractivity contribution in [1.29, 1.82) is 0 Å². The van der Waals surface area contributed by atoms with Crippen LogP contribution in [0.15, 0.2) is 61.1 Å². The molecule has 5 aromatic rings. The second kappa shape index (κ2) is 11.6. The maximum absolute atomic E-state index is 14.7. The van der Waals surface area contributed by atoms with Crippen LogP contribution in [-0.2, 0) is 6.42 Å². The smallest absolute Gasteiger partial charge is 0.124 e. The van der Waals surface area contributed by atoms with Crippen molar-refractivity contribution in [3.8, 4) is 22.6 Å². The monoisotopic (exact) mass is 546 g/mol. The van der Waals surface area contributed by atoms with E-state index in [1.54, 1.807) is 24.5 Å². The van der Waals surface area contributed by atoms with E-state index in [9.17, 15) is 4.39 Å². The molecule has 0 radical (unpaired) electrons. The summed E-state index contributed by atoms with van der Waals surface area (Å²) in [6.45, 7) is 11.9. The first-order valence-electron chi connectivity index (χ1n) is 14.3. The fraction of sp³-hybridized carbons (Fsp3) is 0.265. The summed E-state index contributed by atoms with van der Waals surface area (Å²) >= 11 is 0. The molecule has 0 bridgehead atoms. The quantitative estimate of drug-likeness (QED) is 0.259. The lowest BCUT2D eigenvalue weighted by Crippen LogP contribution is -2.21. The average molecular weight is 547 g/mol. The molecule has 2 N–H and O–H groups in total. The molecular weight excluding hydrogens is 511 g/mol. The highest BCUT2D eigenvalue weighted by molar-refractivity contribution is 5.96. The molecular formula is C34H35FN6. The number of nitrogens with zero attached hydrogens (tertiary/aromatic N) is 4. The third-order valence-electron chi connectivity index (χ3n) is 8.04. The summed E-state index contributed by atoms with van der Waals surface area (Å²) in [7, 11) is 0. The zero-order chi connectivity index (χ0) is 28.3. The van der Waals surface area contributed by atoms with E-state index in [4.69, 9.17) is 0 Å². The summed E-state index contributed by atoms with van der Waals surface area (Å²) in [6.07, 6.45) is 13.9. The molecule has 1 fully saturated rings. The molecule has 1 saturated heterocycles.